The largest absolute Gasteiger partial charge is 0.508 e. The summed E-state index contributed by atoms with van der Waals surface area (Å²) in [6.07, 6.45) is 0.532. The van der Waals surface area contributed by atoms with E-state index in [4.69, 9.17) is 0 Å². The standard InChI is InChI=1S/C11H13FO2/c1-8(12)9-4-5-11(14)10(7-9)3-2-6-13/h4-8,14H,2-3H2,1H3. The number of aldehydes is 1. The van der Waals surface area contributed by atoms with Gasteiger partial charge in [-0.05, 0) is 36.6 Å². The molecule has 76 valence electrons. The van der Waals surface area contributed by atoms with Crippen molar-refractivity contribution < 1.29 is 14.3 Å². The monoisotopic (exact) mass is 196 g/mol. The summed E-state index contributed by atoms with van der Waals surface area (Å²) in [6.45, 7) is 1.44. The van der Waals surface area contributed by atoms with Crippen molar-refractivity contribution in [1.29, 1.82) is 0 Å². The van der Waals surface area contributed by atoms with Crippen LogP contribution in [0.2, 0.25) is 0 Å². The van der Waals surface area contributed by atoms with Gasteiger partial charge in [-0.2, -0.15) is 0 Å². The average Bonchev–Trinajstić information content (AvgIpc) is 2.16. The first kappa shape index (κ1) is 10.7. The number of hydrogen-bond acceptors (Lipinski definition) is 2. The third-order valence-corrected chi connectivity index (χ3v) is 2.09. The fourth-order valence-electron chi connectivity index (χ4n) is 1.27. The van der Waals surface area contributed by atoms with Crippen LogP contribution >= 0.6 is 0 Å². The average molecular weight is 196 g/mol. The molecule has 0 heterocycles. The number of aromatic hydroxyl groups is 1. The molecule has 0 fully saturated rings. The van der Waals surface area contributed by atoms with Gasteiger partial charge in [0.2, 0.25) is 0 Å². The number of carbonyl (C=O) groups excluding carboxylic acids is 1. The Hall–Kier alpha value is -1.38. The van der Waals surface area contributed by atoms with Crippen molar-refractivity contribution in [2.75, 3.05) is 0 Å². The van der Waals surface area contributed by atoms with Crippen LogP contribution in [0.5, 0.6) is 5.75 Å². The third kappa shape index (κ3) is 2.55. The Morgan fingerprint density at radius 2 is 2.29 bits per heavy atom. The Morgan fingerprint density at radius 1 is 1.57 bits per heavy atom. The molecular weight excluding hydrogens is 183 g/mol. The second-order valence-electron chi connectivity index (χ2n) is 3.21. The van der Waals surface area contributed by atoms with Gasteiger partial charge in [-0.3, -0.25) is 0 Å². The van der Waals surface area contributed by atoms with E-state index >= 15 is 0 Å². The van der Waals surface area contributed by atoms with E-state index in [-0.39, 0.29) is 5.75 Å². The molecule has 0 saturated carbocycles. The molecule has 0 amide bonds. The second-order valence-corrected chi connectivity index (χ2v) is 3.21. The van der Waals surface area contributed by atoms with Crippen molar-refractivity contribution in [3.05, 3.63) is 29.3 Å². The van der Waals surface area contributed by atoms with Gasteiger partial charge < -0.3 is 9.90 Å². The third-order valence-electron chi connectivity index (χ3n) is 2.09. The molecule has 1 unspecified atom stereocenters. The minimum Gasteiger partial charge on any atom is -0.508 e. The van der Waals surface area contributed by atoms with Crippen LogP contribution in [-0.4, -0.2) is 11.4 Å². The number of phenols is 1. The van der Waals surface area contributed by atoms with Crippen molar-refractivity contribution in [1.82, 2.24) is 0 Å². The van der Waals surface area contributed by atoms with Crippen molar-refractivity contribution in [3.8, 4) is 5.75 Å². The number of rotatable bonds is 4. The highest BCUT2D eigenvalue weighted by molar-refractivity contribution is 5.51. The van der Waals surface area contributed by atoms with E-state index in [9.17, 15) is 14.3 Å². The molecule has 0 aliphatic carbocycles. The summed E-state index contributed by atoms with van der Waals surface area (Å²) in [6, 6.07) is 4.61. The first-order valence-corrected chi connectivity index (χ1v) is 4.54. The van der Waals surface area contributed by atoms with Crippen molar-refractivity contribution in [2.24, 2.45) is 0 Å². The van der Waals surface area contributed by atoms with Crippen LogP contribution in [0, 0.1) is 0 Å². The molecule has 1 aromatic carbocycles. The maximum Gasteiger partial charge on any atom is 0.122 e. The van der Waals surface area contributed by atoms with Gasteiger partial charge in [-0.25, -0.2) is 4.39 Å². The quantitative estimate of drug-likeness (QED) is 0.751. The number of aryl methyl sites for hydroxylation is 1. The number of phenolic OH excluding ortho intramolecular Hbond substituents is 1. The van der Waals surface area contributed by atoms with Gasteiger partial charge in [0, 0.05) is 6.42 Å². The zero-order valence-electron chi connectivity index (χ0n) is 8.03. The molecule has 1 aromatic rings. The molecule has 0 aliphatic rings. The molecule has 1 N–H and O–H groups in total. The molecule has 14 heavy (non-hydrogen) atoms. The minimum absolute atomic E-state index is 0.122. The Labute approximate surface area is 82.4 Å². The lowest BCUT2D eigenvalue weighted by molar-refractivity contribution is -0.107. The van der Waals surface area contributed by atoms with E-state index in [1.54, 1.807) is 12.1 Å². The number of carbonyl (C=O) groups is 1. The highest BCUT2D eigenvalue weighted by Crippen LogP contribution is 2.24. The lowest BCUT2D eigenvalue weighted by atomic mass is 10.0. The van der Waals surface area contributed by atoms with Gasteiger partial charge in [0.1, 0.15) is 18.2 Å². The first-order chi connectivity index (χ1) is 6.65. The number of alkyl halides is 1. The van der Waals surface area contributed by atoms with Gasteiger partial charge in [-0.1, -0.05) is 6.07 Å². The summed E-state index contributed by atoms with van der Waals surface area (Å²) in [4.78, 5) is 10.2. The Morgan fingerprint density at radius 3 is 2.86 bits per heavy atom. The molecule has 1 atom stereocenters. The summed E-state index contributed by atoms with van der Waals surface area (Å²) in [5, 5.41) is 9.40. The van der Waals surface area contributed by atoms with E-state index in [1.165, 1.54) is 13.0 Å². The van der Waals surface area contributed by atoms with Gasteiger partial charge in [0.25, 0.3) is 0 Å². The Bertz CT molecular complexity index is 321. The summed E-state index contributed by atoms with van der Waals surface area (Å²) in [5.74, 6) is 0.122. The Kier molecular flexibility index (Phi) is 3.63. The topological polar surface area (TPSA) is 37.3 Å². The van der Waals surface area contributed by atoms with Gasteiger partial charge in [0.15, 0.2) is 0 Å². The molecule has 2 nitrogen and oxygen atoms in total. The summed E-state index contributed by atoms with van der Waals surface area (Å²) in [7, 11) is 0. The zero-order chi connectivity index (χ0) is 10.6. The molecule has 0 saturated heterocycles. The van der Waals surface area contributed by atoms with E-state index in [2.05, 4.69) is 0 Å². The summed E-state index contributed by atoms with van der Waals surface area (Å²) >= 11 is 0. The van der Waals surface area contributed by atoms with Gasteiger partial charge in [-0.15, -0.1) is 0 Å². The SMILES string of the molecule is CC(F)c1ccc(O)c(CCC=O)c1. The van der Waals surface area contributed by atoms with Gasteiger partial charge in [0.05, 0.1) is 0 Å². The van der Waals surface area contributed by atoms with E-state index < -0.39 is 6.17 Å². The number of halogens is 1. The maximum absolute atomic E-state index is 12.9. The maximum atomic E-state index is 12.9. The fourth-order valence-corrected chi connectivity index (χ4v) is 1.27. The highest BCUT2D eigenvalue weighted by Gasteiger charge is 2.07. The Balaban J connectivity index is 2.90. The van der Waals surface area contributed by atoms with Crippen LogP contribution in [-0.2, 0) is 11.2 Å². The van der Waals surface area contributed by atoms with Crippen LogP contribution in [0.25, 0.3) is 0 Å². The number of benzene rings is 1. The molecule has 3 heteroatoms. The predicted molar refractivity (Wildman–Crippen MR) is 52.0 cm³/mol. The molecule has 0 aliphatic heterocycles. The highest BCUT2D eigenvalue weighted by atomic mass is 19.1. The lowest BCUT2D eigenvalue weighted by Gasteiger charge is -2.07. The van der Waals surface area contributed by atoms with E-state index in [0.29, 0.717) is 24.0 Å². The second kappa shape index (κ2) is 4.74. The number of hydrogen-bond donors (Lipinski definition) is 1. The molecule has 0 aromatic heterocycles. The first-order valence-electron chi connectivity index (χ1n) is 4.54. The fraction of sp³-hybridized carbons (Fsp3) is 0.364. The summed E-state index contributed by atoms with van der Waals surface area (Å²) < 4.78 is 12.9. The van der Waals surface area contributed by atoms with E-state index in [0.717, 1.165) is 6.29 Å². The predicted octanol–water partition coefficient (Wildman–Crippen LogP) is 2.55. The molecule has 0 radical (unpaired) electrons. The lowest BCUT2D eigenvalue weighted by Crippen LogP contribution is -1.91. The van der Waals surface area contributed by atoms with Crippen LogP contribution in [0.4, 0.5) is 4.39 Å². The van der Waals surface area contributed by atoms with Crippen LogP contribution < -0.4 is 0 Å². The molecular formula is C11H13FO2. The summed E-state index contributed by atoms with van der Waals surface area (Å²) in [5.41, 5.74) is 1.16. The molecule has 0 spiro atoms. The zero-order valence-corrected chi connectivity index (χ0v) is 8.03. The van der Waals surface area contributed by atoms with Crippen molar-refractivity contribution >= 4 is 6.29 Å². The normalized spacial score (nSPS) is 12.4. The smallest absolute Gasteiger partial charge is 0.122 e. The van der Waals surface area contributed by atoms with Crippen LogP contribution in [0.1, 0.15) is 30.6 Å². The van der Waals surface area contributed by atoms with Crippen LogP contribution in [0.15, 0.2) is 18.2 Å². The van der Waals surface area contributed by atoms with Crippen LogP contribution in [0.3, 0.4) is 0 Å². The van der Waals surface area contributed by atoms with E-state index in [1.807, 2.05) is 0 Å². The van der Waals surface area contributed by atoms with Gasteiger partial charge >= 0.3 is 0 Å². The minimum atomic E-state index is -1.05. The van der Waals surface area contributed by atoms with Crippen molar-refractivity contribution in [2.45, 2.75) is 25.9 Å². The molecule has 1 rings (SSSR count). The van der Waals surface area contributed by atoms with Crippen molar-refractivity contribution in [3.63, 3.8) is 0 Å². The molecule has 0 bridgehead atoms.